The van der Waals surface area contributed by atoms with Gasteiger partial charge >= 0.3 is 0 Å². The molecule has 4 rings (SSSR count). The highest BCUT2D eigenvalue weighted by Crippen LogP contribution is 2.19. The van der Waals surface area contributed by atoms with Crippen molar-refractivity contribution in [2.45, 2.75) is 38.5 Å². The van der Waals surface area contributed by atoms with Crippen LogP contribution in [-0.2, 0) is 35.3 Å². The largest absolute Gasteiger partial charge is 0.497 e. The second-order valence-corrected chi connectivity index (χ2v) is 9.47. The maximum Gasteiger partial charge on any atom is 0.230 e. The van der Waals surface area contributed by atoms with E-state index in [1.54, 1.807) is 13.2 Å². The van der Waals surface area contributed by atoms with Gasteiger partial charge < -0.3 is 15.4 Å². The van der Waals surface area contributed by atoms with Gasteiger partial charge in [0.15, 0.2) is 5.82 Å². The van der Waals surface area contributed by atoms with Gasteiger partial charge in [-0.05, 0) is 54.7 Å². The minimum atomic E-state index is -0.144. The number of ether oxygens (including phenoxy) is 1. The van der Waals surface area contributed by atoms with E-state index in [4.69, 9.17) is 4.74 Å². The number of unbranched alkanes of at least 4 members (excludes halogenated alkanes) is 1. The number of hydrogen-bond acceptors (Lipinski definition) is 8. The Kier molecular flexibility index (Phi) is 9.25. The molecule has 0 bridgehead atoms. The number of benzene rings is 2. The molecule has 0 aliphatic heterocycles. The van der Waals surface area contributed by atoms with Crippen molar-refractivity contribution < 1.29 is 14.3 Å². The molecule has 0 spiro atoms. The van der Waals surface area contributed by atoms with Gasteiger partial charge in [-0.25, -0.2) is 0 Å². The molecule has 2 aromatic heterocycles. The smallest absolute Gasteiger partial charge is 0.230 e. The highest BCUT2D eigenvalue weighted by atomic mass is 32.1. The molecule has 0 aliphatic rings. The van der Waals surface area contributed by atoms with Crippen LogP contribution in [0.4, 0.5) is 10.9 Å². The van der Waals surface area contributed by atoms with Crippen molar-refractivity contribution in [3.05, 3.63) is 88.6 Å². The van der Waals surface area contributed by atoms with E-state index in [-0.39, 0.29) is 18.2 Å². The fourth-order valence-corrected chi connectivity index (χ4v) is 4.44. The average molecular weight is 517 g/mol. The second kappa shape index (κ2) is 13.2. The lowest BCUT2D eigenvalue weighted by atomic mass is 10.1. The summed E-state index contributed by atoms with van der Waals surface area (Å²) in [6.07, 6.45) is 3.89. The number of nitrogens with one attached hydrogen (secondary N) is 2. The summed E-state index contributed by atoms with van der Waals surface area (Å²) >= 11 is 1.39. The van der Waals surface area contributed by atoms with E-state index in [0.29, 0.717) is 17.4 Å². The molecule has 0 aliphatic carbocycles. The number of amides is 2. The van der Waals surface area contributed by atoms with E-state index in [1.807, 2.05) is 60.7 Å². The predicted molar refractivity (Wildman–Crippen MR) is 143 cm³/mol. The third kappa shape index (κ3) is 8.46. The van der Waals surface area contributed by atoms with Crippen LogP contribution < -0.4 is 15.4 Å². The number of nitrogens with zero attached hydrogens (tertiary/aromatic N) is 4. The molecular weight excluding hydrogens is 488 g/mol. The molecule has 4 aromatic rings. The van der Waals surface area contributed by atoms with Crippen molar-refractivity contribution in [1.82, 2.24) is 20.4 Å². The van der Waals surface area contributed by atoms with Crippen LogP contribution in [0.15, 0.2) is 66.7 Å². The number of hydrogen-bond donors (Lipinski definition) is 2. The molecule has 0 atom stereocenters. The molecule has 0 radical (unpaired) electrons. The van der Waals surface area contributed by atoms with Crippen LogP contribution in [0.2, 0.25) is 0 Å². The summed E-state index contributed by atoms with van der Waals surface area (Å²) in [4.78, 5) is 24.5. The third-order valence-electron chi connectivity index (χ3n) is 5.48. The first-order valence-electron chi connectivity index (χ1n) is 12.0. The van der Waals surface area contributed by atoms with Crippen molar-refractivity contribution in [2.75, 3.05) is 17.7 Å². The predicted octanol–water partition coefficient (Wildman–Crippen LogP) is 4.26. The molecule has 2 heterocycles. The number of carbonyl (C=O) groups excluding carboxylic acids is 2. The summed E-state index contributed by atoms with van der Waals surface area (Å²) in [5.41, 5.74) is 2.68. The molecule has 37 heavy (non-hydrogen) atoms. The Morgan fingerprint density at radius 2 is 1.54 bits per heavy atom. The van der Waals surface area contributed by atoms with Crippen molar-refractivity contribution in [3.8, 4) is 5.75 Å². The van der Waals surface area contributed by atoms with E-state index >= 15 is 0 Å². The summed E-state index contributed by atoms with van der Waals surface area (Å²) in [7, 11) is 1.60. The normalized spacial score (nSPS) is 10.6. The lowest BCUT2D eigenvalue weighted by Gasteiger charge is -2.05. The monoisotopic (exact) mass is 516 g/mol. The fraction of sp³-hybridized carbons (Fsp3) is 0.259. The first-order chi connectivity index (χ1) is 18.1. The van der Waals surface area contributed by atoms with Gasteiger partial charge in [0, 0.05) is 6.42 Å². The van der Waals surface area contributed by atoms with Gasteiger partial charge in [0.25, 0.3) is 0 Å². The molecular formula is C27H28N6O3S. The van der Waals surface area contributed by atoms with Gasteiger partial charge in [-0.1, -0.05) is 53.8 Å². The number of aryl methyl sites for hydroxylation is 2. The molecule has 9 nitrogen and oxygen atoms in total. The SMILES string of the molecule is COc1cccc(CC(=O)Nc2nnc(CCCCc3ccc(NC(=O)Cc4ccccc4)nn3)s2)c1. The lowest BCUT2D eigenvalue weighted by Crippen LogP contribution is -2.15. The number of methoxy groups -OCH3 is 1. The molecule has 0 unspecified atom stereocenters. The minimum Gasteiger partial charge on any atom is -0.497 e. The summed E-state index contributed by atoms with van der Waals surface area (Å²) in [5.74, 6) is 0.894. The summed E-state index contributed by atoms with van der Waals surface area (Å²) in [6.45, 7) is 0. The van der Waals surface area contributed by atoms with Crippen molar-refractivity contribution in [2.24, 2.45) is 0 Å². The van der Waals surface area contributed by atoms with Crippen molar-refractivity contribution >= 4 is 34.1 Å². The Morgan fingerprint density at radius 1 is 0.784 bits per heavy atom. The summed E-state index contributed by atoms with van der Waals surface area (Å²) in [6, 6.07) is 20.6. The van der Waals surface area contributed by atoms with Gasteiger partial charge in [-0.15, -0.1) is 15.3 Å². The summed E-state index contributed by atoms with van der Waals surface area (Å²) < 4.78 is 5.20. The molecule has 2 aromatic carbocycles. The Morgan fingerprint density at radius 3 is 2.32 bits per heavy atom. The van der Waals surface area contributed by atoms with Gasteiger partial charge in [0.2, 0.25) is 16.9 Å². The maximum atomic E-state index is 12.3. The topological polar surface area (TPSA) is 119 Å². The van der Waals surface area contributed by atoms with Crippen LogP contribution in [0.1, 0.15) is 34.7 Å². The van der Waals surface area contributed by atoms with E-state index in [9.17, 15) is 9.59 Å². The van der Waals surface area contributed by atoms with Crippen LogP contribution in [0.3, 0.4) is 0 Å². The standard InChI is InChI=1S/C27H28N6O3S/c1-36-22-12-7-10-20(16-22)18-25(35)29-27-33-32-26(37-27)13-6-5-11-21-14-15-23(31-30-21)28-24(34)17-19-8-3-2-4-9-19/h2-4,7-10,12,14-16H,5-6,11,13,17-18H2,1H3,(H,28,31,34)(H,29,33,35). The van der Waals surface area contributed by atoms with E-state index in [1.165, 1.54) is 11.3 Å². The van der Waals surface area contributed by atoms with Crippen LogP contribution in [0.5, 0.6) is 5.75 Å². The third-order valence-corrected chi connectivity index (χ3v) is 6.38. The zero-order valence-corrected chi connectivity index (χ0v) is 21.3. The Balaban J connectivity index is 1.15. The number of carbonyl (C=O) groups is 2. The Bertz CT molecular complexity index is 1310. The van der Waals surface area contributed by atoms with Crippen LogP contribution in [0, 0.1) is 0 Å². The molecule has 2 amide bonds. The highest BCUT2D eigenvalue weighted by Gasteiger charge is 2.10. The number of rotatable bonds is 12. The van der Waals surface area contributed by atoms with E-state index in [0.717, 1.165) is 53.3 Å². The van der Waals surface area contributed by atoms with Crippen LogP contribution in [0.25, 0.3) is 0 Å². The number of aromatic nitrogens is 4. The Hall–Kier alpha value is -4.18. The highest BCUT2D eigenvalue weighted by molar-refractivity contribution is 7.15. The second-order valence-electron chi connectivity index (χ2n) is 8.41. The van der Waals surface area contributed by atoms with Gasteiger partial charge in [-0.3, -0.25) is 9.59 Å². The quantitative estimate of drug-likeness (QED) is 0.270. The van der Waals surface area contributed by atoms with Crippen molar-refractivity contribution in [3.63, 3.8) is 0 Å². The number of anilines is 2. The van der Waals surface area contributed by atoms with Gasteiger partial charge in [0.1, 0.15) is 10.8 Å². The van der Waals surface area contributed by atoms with Gasteiger partial charge in [0.05, 0.1) is 25.6 Å². The first-order valence-corrected chi connectivity index (χ1v) is 12.8. The fourth-order valence-electron chi connectivity index (χ4n) is 3.65. The molecule has 2 N–H and O–H groups in total. The van der Waals surface area contributed by atoms with E-state index in [2.05, 4.69) is 31.0 Å². The molecule has 0 saturated heterocycles. The van der Waals surface area contributed by atoms with Crippen LogP contribution >= 0.6 is 11.3 Å². The minimum absolute atomic E-state index is 0.124. The Labute approximate surface area is 219 Å². The molecule has 10 heteroatoms. The van der Waals surface area contributed by atoms with Crippen molar-refractivity contribution in [1.29, 1.82) is 0 Å². The molecule has 0 fully saturated rings. The first kappa shape index (κ1) is 25.9. The molecule has 0 saturated carbocycles. The lowest BCUT2D eigenvalue weighted by molar-refractivity contribution is -0.116. The van der Waals surface area contributed by atoms with Crippen LogP contribution in [-0.4, -0.2) is 39.3 Å². The average Bonchev–Trinajstić information content (AvgIpc) is 3.35. The maximum absolute atomic E-state index is 12.3. The molecule has 190 valence electrons. The van der Waals surface area contributed by atoms with E-state index < -0.39 is 0 Å². The summed E-state index contributed by atoms with van der Waals surface area (Å²) in [5, 5.41) is 23.6. The zero-order chi connectivity index (χ0) is 25.9. The zero-order valence-electron chi connectivity index (χ0n) is 20.5. The van der Waals surface area contributed by atoms with Gasteiger partial charge in [-0.2, -0.15) is 5.10 Å².